The van der Waals surface area contributed by atoms with Crippen molar-refractivity contribution in [3.8, 4) is 6.07 Å². The molecule has 0 heterocycles. The molecule has 50 valence electrons. The van der Waals surface area contributed by atoms with E-state index in [0.29, 0.717) is 16.1 Å². The van der Waals surface area contributed by atoms with E-state index >= 15 is 0 Å². The van der Waals surface area contributed by atoms with Crippen LogP contribution in [0.25, 0.3) is 0 Å². The van der Waals surface area contributed by atoms with Crippen molar-refractivity contribution in [2.45, 2.75) is 4.90 Å². The molecule has 0 atom stereocenters. The number of hydrogen-bond acceptors (Lipinski definition) is 3. The van der Waals surface area contributed by atoms with Gasteiger partial charge in [-0.05, 0) is 12.1 Å². The first-order valence-corrected chi connectivity index (χ1v) is 3.11. The van der Waals surface area contributed by atoms with Gasteiger partial charge in [0, 0.05) is 5.69 Å². The predicted octanol–water partition coefficient (Wildman–Crippen LogP) is 1.05. The summed E-state index contributed by atoms with van der Waals surface area (Å²) >= 11 is 4.83. The van der Waals surface area contributed by atoms with Gasteiger partial charge in [-0.15, -0.1) is 0 Å². The Hall–Kier alpha value is -1.27. The predicted molar refractivity (Wildman–Crippen MR) is 41.2 cm³/mol. The fourth-order valence-electron chi connectivity index (χ4n) is 0.604. The van der Waals surface area contributed by atoms with Gasteiger partial charge in [0.25, 0.3) is 0 Å². The van der Waals surface area contributed by atoms with Crippen LogP contribution in [0.5, 0.6) is 0 Å². The van der Waals surface area contributed by atoms with Crippen LogP contribution >= 0.6 is 0 Å². The molecule has 1 aromatic carbocycles. The minimum Gasteiger partial charge on any atom is -0.778 e. The van der Waals surface area contributed by atoms with E-state index in [2.05, 4.69) is 0 Å². The van der Waals surface area contributed by atoms with Crippen molar-refractivity contribution in [3.05, 3.63) is 23.8 Å². The summed E-state index contributed by atoms with van der Waals surface area (Å²) in [4.78, 5) is 0.541. The molecule has 0 aliphatic rings. The van der Waals surface area contributed by atoms with Crippen LogP contribution in [0.15, 0.2) is 23.1 Å². The van der Waals surface area contributed by atoms with Crippen molar-refractivity contribution < 1.29 is 0 Å². The third-order valence-electron chi connectivity index (χ3n) is 1.14. The van der Waals surface area contributed by atoms with Crippen molar-refractivity contribution in [3.63, 3.8) is 0 Å². The first kappa shape index (κ1) is 6.84. The van der Waals surface area contributed by atoms with Crippen molar-refractivity contribution in [1.29, 1.82) is 5.26 Å². The van der Waals surface area contributed by atoms with Gasteiger partial charge in [-0.1, -0.05) is 6.07 Å². The second-order valence-electron chi connectivity index (χ2n) is 1.86. The molecule has 1 rings (SSSR count). The summed E-state index contributed by atoms with van der Waals surface area (Å²) in [6, 6.07) is 6.84. The van der Waals surface area contributed by atoms with E-state index in [1.807, 2.05) is 6.07 Å². The third-order valence-corrected chi connectivity index (χ3v) is 1.50. The molecule has 0 amide bonds. The van der Waals surface area contributed by atoms with Crippen molar-refractivity contribution in [2.24, 2.45) is 0 Å². The zero-order chi connectivity index (χ0) is 7.56. The number of nitrogens with zero attached hydrogens (tertiary/aromatic N) is 1. The number of nitrogen functional groups attached to an aromatic ring is 1. The Bertz CT molecular complexity index is 288. The maximum Gasteiger partial charge on any atom is 0.0991 e. The van der Waals surface area contributed by atoms with Gasteiger partial charge in [-0.2, -0.15) is 10.2 Å². The SMILES string of the molecule is N#Cc1ccc(N)c([S-])c1. The lowest BCUT2D eigenvalue weighted by atomic mass is 10.2. The van der Waals surface area contributed by atoms with Gasteiger partial charge >= 0.3 is 0 Å². The third kappa shape index (κ3) is 1.17. The maximum atomic E-state index is 8.42. The number of nitrogens with two attached hydrogens (primary N) is 1. The van der Waals surface area contributed by atoms with Crippen molar-refractivity contribution in [1.82, 2.24) is 0 Å². The molecule has 0 aliphatic carbocycles. The molecule has 1 aromatic rings. The molecule has 0 fully saturated rings. The number of nitriles is 1. The Morgan fingerprint density at radius 2 is 2.20 bits per heavy atom. The fourth-order valence-corrected chi connectivity index (χ4v) is 0.799. The highest BCUT2D eigenvalue weighted by Crippen LogP contribution is 2.11. The van der Waals surface area contributed by atoms with Gasteiger partial charge < -0.3 is 18.4 Å². The zero-order valence-corrected chi connectivity index (χ0v) is 5.98. The van der Waals surface area contributed by atoms with Crippen LogP contribution in [0, 0.1) is 11.3 Å². The monoisotopic (exact) mass is 149 g/mol. The summed E-state index contributed by atoms with van der Waals surface area (Å²) in [5.41, 5.74) is 6.53. The molecule has 2 N–H and O–H groups in total. The molecule has 10 heavy (non-hydrogen) atoms. The lowest BCUT2D eigenvalue weighted by molar-refractivity contribution is 1.41. The smallest absolute Gasteiger partial charge is 0.0991 e. The van der Waals surface area contributed by atoms with Crippen LogP contribution in [0.1, 0.15) is 5.56 Å². The molecule has 0 bridgehead atoms. The van der Waals surface area contributed by atoms with Crippen LogP contribution < -0.4 is 5.73 Å². The van der Waals surface area contributed by atoms with E-state index in [-0.39, 0.29) is 0 Å². The van der Waals surface area contributed by atoms with Gasteiger partial charge in [-0.25, -0.2) is 0 Å². The second-order valence-corrected chi connectivity index (χ2v) is 2.30. The zero-order valence-electron chi connectivity index (χ0n) is 5.16. The summed E-state index contributed by atoms with van der Waals surface area (Å²) < 4.78 is 0. The maximum absolute atomic E-state index is 8.42. The molecular weight excluding hydrogens is 144 g/mol. The average Bonchev–Trinajstić information content (AvgIpc) is 1.95. The van der Waals surface area contributed by atoms with Crippen LogP contribution in [-0.2, 0) is 12.6 Å². The Kier molecular flexibility index (Phi) is 1.74. The highest BCUT2D eigenvalue weighted by Gasteiger charge is 1.88. The summed E-state index contributed by atoms with van der Waals surface area (Å²) in [5.74, 6) is 0. The summed E-state index contributed by atoms with van der Waals surface area (Å²) in [6.07, 6.45) is 0. The van der Waals surface area contributed by atoms with Gasteiger partial charge in [0.15, 0.2) is 0 Å². The van der Waals surface area contributed by atoms with E-state index in [1.54, 1.807) is 18.2 Å². The van der Waals surface area contributed by atoms with Crippen LogP contribution in [0.2, 0.25) is 0 Å². The fraction of sp³-hybridized carbons (Fsp3) is 0. The number of rotatable bonds is 0. The normalized spacial score (nSPS) is 8.70. The Balaban J connectivity index is 3.20. The minimum atomic E-state index is 0.541. The van der Waals surface area contributed by atoms with E-state index in [4.69, 9.17) is 23.6 Å². The van der Waals surface area contributed by atoms with E-state index in [9.17, 15) is 0 Å². The Morgan fingerprint density at radius 3 is 2.70 bits per heavy atom. The summed E-state index contributed by atoms with van der Waals surface area (Å²) in [7, 11) is 0. The molecule has 2 nitrogen and oxygen atoms in total. The summed E-state index contributed by atoms with van der Waals surface area (Å²) in [6.45, 7) is 0. The van der Waals surface area contributed by atoms with Crippen LogP contribution in [0.4, 0.5) is 5.69 Å². The Morgan fingerprint density at radius 1 is 1.50 bits per heavy atom. The van der Waals surface area contributed by atoms with Gasteiger partial charge in [-0.3, -0.25) is 0 Å². The lowest BCUT2D eigenvalue weighted by Crippen LogP contribution is -1.88. The summed E-state index contributed by atoms with van der Waals surface area (Å²) in [5, 5.41) is 8.42. The highest BCUT2D eigenvalue weighted by atomic mass is 32.1. The first-order valence-electron chi connectivity index (χ1n) is 2.70. The van der Waals surface area contributed by atoms with Gasteiger partial charge in [0.1, 0.15) is 0 Å². The molecular formula is C7H5N2S-. The van der Waals surface area contributed by atoms with Crippen molar-refractivity contribution >= 4 is 18.3 Å². The molecule has 0 aliphatic heterocycles. The number of anilines is 1. The molecule has 0 radical (unpaired) electrons. The lowest BCUT2D eigenvalue weighted by Gasteiger charge is -2.08. The standard InChI is InChI=1S/C7H6N2S/c8-4-5-1-2-6(9)7(10)3-5/h1-3,10H,9H2/p-1. The first-order chi connectivity index (χ1) is 4.74. The molecule has 0 saturated heterocycles. The van der Waals surface area contributed by atoms with Gasteiger partial charge in [0.2, 0.25) is 0 Å². The molecule has 0 aromatic heterocycles. The number of benzene rings is 1. The Labute approximate surface area is 64.7 Å². The molecule has 0 unspecified atom stereocenters. The van der Waals surface area contributed by atoms with Gasteiger partial charge in [0.05, 0.1) is 11.6 Å². The quantitative estimate of drug-likeness (QED) is 0.443. The van der Waals surface area contributed by atoms with Crippen LogP contribution in [-0.4, -0.2) is 0 Å². The topological polar surface area (TPSA) is 49.8 Å². The second kappa shape index (κ2) is 2.54. The number of hydrogen-bond donors (Lipinski definition) is 1. The molecule has 0 spiro atoms. The van der Waals surface area contributed by atoms with Crippen molar-refractivity contribution in [2.75, 3.05) is 5.73 Å². The molecule has 0 saturated carbocycles. The highest BCUT2D eigenvalue weighted by molar-refractivity contribution is 7.59. The van der Waals surface area contributed by atoms with E-state index in [0.717, 1.165) is 0 Å². The van der Waals surface area contributed by atoms with E-state index in [1.165, 1.54) is 0 Å². The van der Waals surface area contributed by atoms with Crippen LogP contribution in [0.3, 0.4) is 0 Å². The largest absolute Gasteiger partial charge is 0.778 e. The van der Waals surface area contributed by atoms with E-state index < -0.39 is 0 Å². The minimum absolute atomic E-state index is 0.541. The average molecular weight is 149 g/mol. The molecule has 3 heteroatoms.